The molecule has 1 unspecified atom stereocenters. The summed E-state index contributed by atoms with van der Waals surface area (Å²) in [4.78, 5) is 13.2. The molecule has 2 aromatic rings. The minimum Gasteiger partial charge on any atom is -0.293 e. The van der Waals surface area contributed by atoms with Crippen LogP contribution >= 0.6 is 27.3 Å². The quantitative estimate of drug-likeness (QED) is 0.735. The SMILES string of the molecule is CCC(C(=O)c1ccc(Br)s1)c1ccccc1. The Morgan fingerprint density at radius 3 is 2.47 bits per heavy atom. The van der Waals surface area contributed by atoms with Gasteiger partial charge in [-0.15, -0.1) is 11.3 Å². The lowest BCUT2D eigenvalue weighted by atomic mass is 9.91. The van der Waals surface area contributed by atoms with Crippen LogP contribution in [0.25, 0.3) is 0 Å². The smallest absolute Gasteiger partial charge is 0.180 e. The molecule has 2 rings (SSSR count). The molecular formula is C14H13BrOS. The number of halogens is 1. The van der Waals surface area contributed by atoms with Crippen molar-refractivity contribution in [1.82, 2.24) is 0 Å². The Kier molecular flexibility index (Phi) is 4.13. The van der Waals surface area contributed by atoms with E-state index in [2.05, 4.69) is 22.9 Å². The van der Waals surface area contributed by atoms with E-state index in [4.69, 9.17) is 0 Å². The van der Waals surface area contributed by atoms with Gasteiger partial charge in [-0.05, 0) is 40.0 Å². The second kappa shape index (κ2) is 5.61. The largest absolute Gasteiger partial charge is 0.293 e. The van der Waals surface area contributed by atoms with Crippen molar-refractivity contribution in [3.8, 4) is 0 Å². The van der Waals surface area contributed by atoms with Crippen LogP contribution in [0.5, 0.6) is 0 Å². The van der Waals surface area contributed by atoms with E-state index in [9.17, 15) is 4.79 Å². The number of thiophene rings is 1. The molecule has 0 saturated heterocycles. The van der Waals surface area contributed by atoms with Gasteiger partial charge in [-0.25, -0.2) is 0 Å². The normalized spacial score (nSPS) is 12.4. The predicted molar refractivity (Wildman–Crippen MR) is 75.8 cm³/mol. The van der Waals surface area contributed by atoms with Gasteiger partial charge in [0.05, 0.1) is 8.66 Å². The van der Waals surface area contributed by atoms with Gasteiger partial charge in [-0.1, -0.05) is 37.3 Å². The highest BCUT2D eigenvalue weighted by Gasteiger charge is 2.21. The monoisotopic (exact) mass is 308 g/mol. The number of Topliss-reactive ketones (excluding diaryl/α,β-unsaturated/α-hetero) is 1. The highest BCUT2D eigenvalue weighted by Crippen LogP contribution is 2.29. The lowest BCUT2D eigenvalue weighted by molar-refractivity contribution is 0.0961. The first-order chi connectivity index (χ1) is 8.22. The molecule has 0 N–H and O–H groups in total. The van der Waals surface area contributed by atoms with Crippen LogP contribution in [-0.4, -0.2) is 5.78 Å². The fraction of sp³-hybridized carbons (Fsp3) is 0.214. The second-order valence-corrected chi connectivity index (χ2v) is 6.30. The Morgan fingerprint density at radius 2 is 1.94 bits per heavy atom. The van der Waals surface area contributed by atoms with Crippen LogP contribution in [0.3, 0.4) is 0 Å². The van der Waals surface area contributed by atoms with Crippen LogP contribution in [0, 0.1) is 0 Å². The molecule has 0 saturated carbocycles. The number of carbonyl (C=O) groups is 1. The van der Waals surface area contributed by atoms with Crippen molar-refractivity contribution in [3.63, 3.8) is 0 Å². The van der Waals surface area contributed by atoms with Crippen LogP contribution in [0.1, 0.15) is 34.5 Å². The molecule has 0 radical (unpaired) electrons. The molecule has 0 aliphatic heterocycles. The van der Waals surface area contributed by atoms with Crippen molar-refractivity contribution >= 4 is 33.0 Å². The Hall–Kier alpha value is -0.930. The molecule has 0 amide bonds. The van der Waals surface area contributed by atoms with E-state index < -0.39 is 0 Å². The Morgan fingerprint density at radius 1 is 1.24 bits per heavy atom. The summed E-state index contributed by atoms with van der Waals surface area (Å²) in [5.74, 6) is 0.191. The first kappa shape index (κ1) is 12.5. The molecule has 1 aromatic heterocycles. The molecule has 3 heteroatoms. The molecule has 0 bridgehead atoms. The maximum absolute atomic E-state index is 12.4. The van der Waals surface area contributed by atoms with Gasteiger partial charge in [-0.2, -0.15) is 0 Å². The highest BCUT2D eigenvalue weighted by molar-refractivity contribution is 9.11. The number of carbonyl (C=O) groups excluding carboxylic acids is 1. The zero-order valence-electron chi connectivity index (χ0n) is 9.52. The number of rotatable bonds is 4. The highest BCUT2D eigenvalue weighted by atomic mass is 79.9. The summed E-state index contributed by atoms with van der Waals surface area (Å²) in [6.07, 6.45) is 0.832. The second-order valence-electron chi connectivity index (χ2n) is 3.84. The minimum atomic E-state index is -0.0262. The van der Waals surface area contributed by atoms with Crippen LogP contribution in [0.15, 0.2) is 46.3 Å². The average molecular weight is 309 g/mol. The van der Waals surface area contributed by atoms with Crippen molar-refractivity contribution in [2.45, 2.75) is 19.3 Å². The van der Waals surface area contributed by atoms with E-state index in [0.717, 1.165) is 20.6 Å². The van der Waals surface area contributed by atoms with E-state index in [-0.39, 0.29) is 11.7 Å². The van der Waals surface area contributed by atoms with Crippen molar-refractivity contribution in [2.75, 3.05) is 0 Å². The molecule has 88 valence electrons. The van der Waals surface area contributed by atoms with Crippen molar-refractivity contribution in [1.29, 1.82) is 0 Å². The third-order valence-electron chi connectivity index (χ3n) is 2.74. The van der Waals surface area contributed by atoms with Crippen LogP contribution in [0.2, 0.25) is 0 Å². The summed E-state index contributed by atoms with van der Waals surface area (Å²) in [7, 11) is 0. The molecule has 1 aromatic carbocycles. The molecule has 1 atom stereocenters. The van der Waals surface area contributed by atoms with Crippen molar-refractivity contribution in [2.24, 2.45) is 0 Å². The van der Waals surface area contributed by atoms with Crippen LogP contribution in [-0.2, 0) is 0 Å². The molecule has 0 aliphatic rings. The van der Waals surface area contributed by atoms with Crippen LogP contribution < -0.4 is 0 Å². The standard InChI is InChI=1S/C14H13BrOS/c1-2-11(10-6-4-3-5-7-10)14(16)12-8-9-13(15)17-12/h3-9,11H,2H2,1H3. The average Bonchev–Trinajstić information content (AvgIpc) is 2.78. The molecular weight excluding hydrogens is 296 g/mol. The topological polar surface area (TPSA) is 17.1 Å². The summed E-state index contributed by atoms with van der Waals surface area (Å²) >= 11 is 4.90. The first-order valence-corrected chi connectivity index (χ1v) is 7.17. The minimum absolute atomic E-state index is 0.0262. The van der Waals surface area contributed by atoms with E-state index in [0.29, 0.717) is 0 Å². The summed E-state index contributed by atoms with van der Waals surface area (Å²) in [6, 6.07) is 13.8. The van der Waals surface area contributed by atoms with E-state index in [1.165, 1.54) is 11.3 Å². The predicted octanol–water partition coefficient (Wildman–Crippen LogP) is 4.89. The van der Waals surface area contributed by atoms with Crippen LogP contribution in [0.4, 0.5) is 0 Å². The number of hydrogen-bond donors (Lipinski definition) is 0. The summed E-state index contributed by atoms with van der Waals surface area (Å²) in [6.45, 7) is 2.05. The molecule has 1 heterocycles. The molecule has 0 aliphatic carbocycles. The maximum Gasteiger partial charge on any atom is 0.180 e. The third-order valence-corrected chi connectivity index (χ3v) is 4.38. The van der Waals surface area contributed by atoms with Gasteiger partial charge in [0, 0.05) is 5.92 Å². The molecule has 0 fully saturated rings. The van der Waals surface area contributed by atoms with Gasteiger partial charge in [0.25, 0.3) is 0 Å². The lowest BCUT2D eigenvalue weighted by Crippen LogP contribution is -2.10. The molecule has 0 spiro atoms. The van der Waals surface area contributed by atoms with Gasteiger partial charge in [-0.3, -0.25) is 4.79 Å². The fourth-order valence-corrected chi connectivity index (χ4v) is 3.26. The zero-order valence-corrected chi connectivity index (χ0v) is 11.9. The Balaban J connectivity index is 2.28. The Labute approximate surface area is 114 Å². The molecule has 1 nitrogen and oxygen atoms in total. The first-order valence-electron chi connectivity index (χ1n) is 5.57. The van der Waals surface area contributed by atoms with Gasteiger partial charge < -0.3 is 0 Å². The molecule has 17 heavy (non-hydrogen) atoms. The van der Waals surface area contributed by atoms with Gasteiger partial charge in [0.15, 0.2) is 5.78 Å². The summed E-state index contributed by atoms with van der Waals surface area (Å²) in [5, 5.41) is 0. The summed E-state index contributed by atoms with van der Waals surface area (Å²) < 4.78 is 1.00. The lowest BCUT2D eigenvalue weighted by Gasteiger charge is -2.12. The van der Waals surface area contributed by atoms with E-state index in [1.54, 1.807) is 0 Å². The van der Waals surface area contributed by atoms with E-state index in [1.807, 2.05) is 42.5 Å². The fourth-order valence-electron chi connectivity index (χ4n) is 1.88. The summed E-state index contributed by atoms with van der Waals surface area (Å²) in [5.41, 5.74) is 1.10. The van der Waals surface area contributed by atoms with Gasteiger partial charge in [0.1, 0.15) is 0 Å². The third kappa shape index (κ3) is 2.85. The zero-order chi connectivity index (χ0) is 12.3. The Bertz CT molecular complexity index is 504. The van der Waals surface area contributed by atoms with Gasteiger partial charge in [0.2, 0.25) is 0 Å². The number of hydrogen-bond acceptors (Lipinski definition) is 2. The number of benzene rings is 1. The van der Waals surface area contributed by atoms with Crippen molar-refractivity contribution < 1.29 is 4.79 Å². The van der Waals surface area contributed by atoms with Crippen molar-refractivity contribution in [3.05, 3.63) is 56.7 Å². The van der Waals surface area contributed by atoms with E-state index >= 15 is 0 Å². The maximum atomic E-state index is 12.4. The number of ketones is 1. The van der Waals surface area contributed by atoms with Gasteiger partial charge >= 0.3 is 0 Å².